The van der Waals surface area contributed by atoms with Gasteiger partial charge in [-0.25, -0.2) is 4.39 Å². The van der Waals surface area contributed by atoms with E-state index in [1.807, 2.05) is 20.2 Å². The Labute approximate surface area is 124 Å². The first-order valence-electron chi connectivity index (χ1n) is 5.90. The number of nitrogens with one attached hydrogen (secondary N) is 1. The highest BCUT2D eigenvalue weighted by Crippen LogP contribution is 2.32. The lowest BCUT2D eigenvalue weighted by atomic mass is 10.0. The summed E-state index contributed by atoms with van der Waals surface area (Å²) in [4.78, 5) is 0. The largest absolute Gasteiger partial charge is 0.306 e. The van der Waals surface area contributed by atoms with Gasteiger partial charge in [-0.1, -0.05) is 24.6 Å². The molecule has 6 heteroatoms. The fourth-order valence-electron chi connectivity index (χ4n) is 1.96. The van der Waals surface area contributed by atoms with E-state index in [0.29, 0.717) is 16.6 Å². The van der Waals surface area contributed by atoms with Gasteiger partial charge in [0.05, 0.1) is 17.3 Å². The third kappa shape index (κ3) is 2.99. The number of aryl methyl sites for hydroxylation is 1. The Bertz CT molecular complexity index is 585. The topological polar surface area (TPSA) is 29.9 Å². The van der Waals surface area contributed by atoms with Crippen LogP contribution in [0.3, 0.4) is 0 Å². The monoisotopic (exact) mass is 345 g/mol. The van der Waals surface area contributed by atoms with E-state index >= 15 is 0 Å². The molecule has 1 aromatic heterocycles. The van der Waals surface area contributed by atoms with E-state index in [0.717, 1.165) is 5.56 Å². The van der Waals surface area contributed by atoms with Crippen LogP contribution in [0, 0.1) is 5.82 Å². The molecule has 0 aliphatic rings. The van der Waals surface area contributed by atoms with Crippen molar-refractivity contribution in [2.45, 2.75) is 13.0 Å². The second-order valence-electron chi connectivity index (χ2n) is 4.20. The van der Waals surface area contributed by atoms with E-state index in [2.05, 4.69) is 26.3 Å². The fraction of sp³-hybridized carbons (Fsp3) is 0.308. The predicted octanol–water partition coefficient (Wildman–Crippen LogP) is 3.67. The molecule has 0 saturated carbocycles. The molecule has 1 atom stereocenters. The smallest absolute Gasteiger partial charge is 0.148 e. The molecule has 1 aromatic carbocycles. The zero-order chi connectivity index (χ0) is 14.0. The maximum atomic E-state index is 14.3. The maximum Gasteiger partial charge on any atom is 0.148 e. The van der Waals surface area contributed by atoms with Crippen LogP contribution in [0.25, 0.3) is 0 Å². The zero-order valence-electron chi connectivity index (χ0n) is 10.6. The summed E-state index contributed by atoms with van der Waals surface area (Å²) in [7, 11) is 1.83. The lowest BCUT2D eigenvalue weighted by Gasteiger charge is -2.18. The molecule has 1 heterocycles. The van der Waals surface area contributed by atoms with Crippen molar-refractivity contribution in [2.24, 2.45) is 7.05 Å². The van der Waals surface area contributed by atoms with Gasteiger partial charge in [0.2, 0.25) is 0 Å². The average molecular weight is 347 g/mol. The Morgan fingerprint density at radius 3 is 2.84 bits per heavy atom. The van der Waals surface area contributed by atoms with E-state index in [-0.39, 0.29) is 11.1 Å². The summed E-state index contributed by atoms with van der Waals surface area (Å²) >= 11 is 9.17. The molecular weight excluding hydrogens is 333 g/mol. The minimum absolute atomic E-state index is 0.101. The fourth-order valence-corrected chi connectivity index (χ4v) is 2.44. The van der Waals surface area contributed by atoms with Crippen LogP contribution in [0.2, 0.25) is 5.02 Å². The van der Waals surface area contributed by atoms with E-state index < -0.39 is 5.82 Å². The maximum absolute atomic E-state index is 14.3. The lowest BCUT2D eigenvalue weighted by molar-refractivity contribution is 0.558. The molecule has 2 aromatic rings. The molecule has 19 heavy (non-hydrogen) atoms. The Hall–Kier alpha value is -0.910. The van der Waals surface area contributed by atoms with Gasteiger partial charge in [-0.3, -0.25) is 4.68 Å². The number of rotatable bonds is 4. The molecule has 0 radical (unpaired) electrons. The number of halogens is 3. The number of aromatic nitrogens is 2. The third-order valence-corrected chi connectivity index (χ3v) is 4.10. The van der Waals surface area contributed by atoms with Crippen molar-refractivity contribution < 1.29 is 4.39 Å². The molecule has 0 aliphatic carbocycles. The first-order chi connectivity index (χ1) is 9.04. The molecule has 0 bridgehead atoms. The standard InChI is InChI=1S/C13H14BrClFN3/c1-3-17-13(8-6-18-19(2)7-8)9-4-5-10(14)11(15)12(9)16/h4-7,13,17H,3H2,1-2H3. The second kappa shape index (κ2) is 6.03. The average Bonchev–Trinajstić information content (AvgIpc) is 2.81. The van der Waals surface area contributed by atoms with E-state index in [4.69, 9.17) is 11.6 Å². The summed E-state index contributed by atoms with van der Waals surface area (Å²) < 4.78 is 16.5. The van der Waals surface area contributed by atoms with Crippen LogP contribution in [0.15, 0.2) is 29.0 Å². The number of nitrogens with zero attached hydrogens (tertiary/aromatic N) is 2. The van der Waals surface area contributed by atoms with Crippen LogP contribution < -0.4 is 5.32 Å². The molecule has 1 unspecified atom stereocenters. The van der Waals surface area contributed by atoms with Gasteiger partial charge < -0.3 is 5.32 Å². The van der Waals surface area contributed by atoms with Crippen molar-refractivity contribution in [1.29, 1.82) is 0 Å². The predicted molar refractivity (Wildman–Crippen MR) is 77.8 cm³/mol. The molecule has 0 spiro atoms. The van der Waals surface area contributed by atoms with E-state index in [9.17, 15) is 4.39 Å². The van der Waals surface area contributed by atoms with Crippen molar-refractivity contribution in [3.8, 4) is 0 Å². The highest BCUT2D eigenvalue weighted by molar-refractivity contribution is 9.10. The Morgan fingerprint density at radius 2 is 2.26 bits per heavy atom. The van der Waals surface area contributed by atoms with Gasteiger partial charge in [0.15, 0.2) is 0 Å². The highest BCUT2D eigenvalue weighted by Gasteiger charge is 2.21. The first kappa shape index (κ1) is 14.5. The molecule has 0 saturated heterocycles. The normalized spacial score (nSPS) is 12.7. The summed E-state index contributed by atoms with van der Waals surface area (Å²) in [6.07, 6.45) is 3.59. The van der Waals surface area contributed by atoms with Gasteiger partial charge in [0.1, 0.15) is 5.82 Å². The van der Waals surface area contributed by atoms with Gasteiger partial charge in [0, 0.05) is 28.8 Å². The molecule has 3 nitrogen and oxygen atoms in total. The zero-order valence-corrected chi connectivity index (χ0v) is 13.0. The van der Waals surface area contributed by atoms with Gasteiger partial charge in [-0.15, -0.1) is 0 Å². The number of hydrogen-bond acceptors (Lipinski definition) is 2. The quantitative estimate of drug-likeness (QED) is 0.856. The Kier molecular flexibility index (Phi) is 4.60. The molecular formula is C13H14BrClFN3. The van der Waals surface area contributed by atoms with Gasteiger partial charge in [0.25, 0.3) is 0 Å². The first-order valence-corrected chi connectivity index (χ1v) is 7.07. The summed E-state index contributed by atoms with van der Waals surface area (Å²) in [5, 5.41) is 7.48. The van der Waals surface area contributed by atoms with E-state index in [1.165, 1.54) is 0 Å². The van der Waals surface area contributed by atoms with Gasteiger partial charge >= 0.3 is 0 Å². The lowest BCUT2D eigenvalue weighted by Crippen LogP contribution is -2.22. The third-order valence-electron chi connectivity index (χ3n) is 2.84. The van der Waals surface area contributed by atoms with Crippen LogP contribution >= 0.6 is 27.5 Å². The van der Waals surface area contributed by atoms with Crippen molar-refractivity contribution in [2.75, 3.05) is 6.54 Å². The Morgan fingerprint density at radius 1 is 1.53 bits per heavy atom. The van der Waals surface area contributed by atoms with Crippen molar-refractivity contribution in [1.82, 2.24) is 15.1 Å². The Balaban J connectivity index is 2.48. The van der Waals surface area contributed by atoms with Gasteiger partial charge in [-0.05, 0) is 28.5 Å². The van der Waals surface area contributed by atoms with Crippen LogP contribution in [0.4, 0.5) is 4.39 Å². The highest BCUT2D eigenvalue weighted by atomic mass is 79.9. The number of hydrogen-bond donors (Lipinski definition) is 1. The number of benzene rings is 1. The van der Waals surface area contributed by atoms with Crippen molar-refractivity contribution in [3.05, 3.63) is 51.0 Å². The molecule has 0 fully saturated rings. The van der Waals surface area contributed by atoms with Crippen LogP contribution in [-0.4, -0.2) is 16.3 Å². The minimum Gasteiger partial charge on any atom is -0.306 e. The molecule has 1 N–H and O–H groups in total. The summed E-state index contributed by atoms with van der Waals surface area (Å²) in [5.41, 5.74) is 1.42. The molecule has 0 amide bonds. The molecule has 2 rings (SSSR count). The summed E-state index contributed by atoms with van der Waals surface area (Å²) in [6.45, 7) is 2.69. The van der Waals surface area contributed by atoms with Crippen molar-refractivity contribution >= 4 is 27.5 Å². The SMILES string of the molecule is CCNC(c1cnn(C)c1)c1ccc(Br)c(Cl)c1F. The molecule has 0 aliphatic heterocycles. The molecule has 102 valence electrons. The minimum atomic E-state index is -0.411. The second-order valence-corrected chi connectivity index (χ2v) is 5.43. The van der Waals surface area contributed by atoms with Gasteiger partial charge in [-0.2, -0.15) is 5.10 Å². The summed E-state index contributed by atoms with van der Waals surface area (Å²) in [5.74, 6) is -0.411. The van der Waals surface area contributed by atoms with E-state index in [1.54, 1.807) is 23.0 Å². The van der Waals surface area contributed by atoms with Crippen LogP contribution in [-0.2, 0) is 7.05 Å². The summed E-state index contributed by atoms with van der Waals surface area (Å²) in [6, 6.07) is 3.22. The van der Waals surface area contributed by atoms with Crippen LogP contribution in [0.1, 0.15) is 24.1 Å². The van der Waals surface area contributed by atoms with Crippen molar-refractivity contribution in [3.63, 3.8) is 0 Å². The van der Waals surface area contributed by atoms with Crippen LogP contribution in [0.5, 0.6) is 0 Å².